The fourth-order valence-electron chi connectivity index (χ4n) is 2.53. The molecule has 1 aromatic carbocycles. The highest BCUT2D eigenvalue weighted by atomic mass is 16.6. The van der Waals surface area contributed by atoms with Gasteiger partial charge in [-0.05, 0) is 44.0 Å². The molecule has 2 aromatic rings. The quantitative estimate of drug-likeness (QED) is 0.922. The number of para-hydroxylation sites is 2. The Bertz CT molecular complexity index is 687. The molecule has 1 unspecified atom stereocenters. The van der Waals surface area contributed by atoms with E-state index in [-0.39, 0.29) is 12.0 Å². The van der Waals surface area contributed by atoms with Gasteiger partial charge in [-0.1, -0.05) is 12.1 Å². The predicted octanol–water partition coefficient (Wildman–Crippen LogP) is 2.60. The fraction of sp³-hybridized carbons (Fsp3) is 0.333. The summed E-state index contributed by atoms with van der Waals surface area (Å²) >= 11 is 0. The van der Waals surface area contributed by atoms with E-state index in [1.54, 1.807) is 12.3 Å². The van der Waals surface area contributed by atoms with Crippen LogP contribution < -0.4 is 14.8 Å². The number of nitrogens with one attached hydrogen (secondary N) is 1. The van der Waals surface area contributed by atoms with Crippen LogP contribution in [-0.2, 0) is 6.42 Å². The van der Waals surface area contributed by atoms with Crippen LogP contribution in [0.5, 0.6) is 11.5 Å². The Labute approximate surface area is 135 Å². The van der Waals surface area contributed by atoms with Gasteiger partial charge in [0.15, 0.2) is 11.5 Å². The van der Waals surface area contributed by atoms with Gasteiger partial charge < -0.3 is 14.8 Å². The molecule has 1 atom stereocenters. The van der Waals surface area contributed by atoms with E-state index in [0.29, 0.717) is 18.7 Å². The number of pyridine rings is 1. The minimum atomic E-state index is -0.0673. The van der Waals surface area contributed by atoms with Crippen LogP contribution in [0.15, 0.2) is 42.6 Å². The maximum absolute atomic E-state index is 11.9. The lowest BCUT2D eigenvalue weighted by Crippen LogP contribution is -2.29. The van der Waals surface area contributed by atoms with Crippen LogP contribution in [0.4, 0.5) is 0 Å². The molecule has 2 heterocycles. The first-order valence-corrected chi connectivity index (χ1v) is 7.88. The highest BCUT2D eigenvalue weighted by Crippen LogP contribution is 2.31. The molecular formula is C18H20N2O3. The first-order chi connectivity index (χ1) is 11.3. The molecule has 5 heteroatoms. The number of benzene rings is 1. The number of carbonyl (C=O) groups is 1. The van der Waals surface area contributed by atoms with Crippen LogP contribution in [-0.4, -0.2) is 30.1 Å². The Morgan fingerprint density at radius 1 is 1.30 bits per heavy atom. The van der Waals surface area contributed by atoms with Gasteiger partial charge in [-0.25, -0.2) is 0 Å². The first kappa shape index (κ1) is 15.3. The molecule has 3 rings (SSSR count). The summed E-state index contributed by atoms with van der Waals surface area (Å²) in [5, 5.41) is 2.79. The number of amides is 1. The normalized spacial score (nSPS) is 16.0. The predicted molar refractivity (Wildman–Crippen MR) is 86.9 cm³/mol. The lowest BCUT2D eigenvalue weighted by molar-refractivity contribution is 0.0849. The molecule has 0 spiro atoms. The van der Waals surface area contributed by atoms with E-state index in [0.717, 1.165) is 30.0 Å². The van der Waals surface area contributed by atoms with Crippen molar-refractivity contribution in [3.63, 3.8) is 0 Å². The van der Waals surface area contributed by atoms with Crippen LogP contribution in [0.25, 0.3) is 0 Å². The molecule has 5 nitrogen and oxygen atoms in total. The van der Waals surface area contributed by atoms with Gasteiger partial charge in [0.25, 0.3) is 5.91 Å². The second-order valence-corrected chi connectivity index (χ2v) is 5.43. The topological polar surface area (TPSA) is 60.5 Å². The van der Waals surface area contributed by atoms with Crippen molar-refractivity contribution in [3.05, 3.63) is 53.9 Å². The number of rotatable bonds is 5. The highest BCUT2D eigenvalue weighted by molar-refractivity contribution is 5.94. The number of hydrogen-bond acceptors (Lipinski definition) is 4. The number of ether oxygens (including phenoxy) is 2. The molecule has 23 heavy (non-hydrogen) atoms. The third-order valence-electron chi connectivity index (χ3n) is 3.71. The lowest BCUT2D eigenvalue weighted by Gasteiger charge is -2.26. The SMILES string of the molecule is CCNC(=O)c1ccnc(CCC2COc3ccccc3O2)c1. The maximum atomic E-state index is 11.9. The third kappa shape index (κ3) is 3.80. The average molecular weight is 312 g/mol. The van der Waals surface area contributed by atoms with Crippen LogP contribution in [0, 0.1) is 0 Å². The third-order valence-corrected chi connectivity index (χ3v) is 3.71. The van der Waals surface area contributed by atoms with Gasteiger partial charge in [-0.15, -0.1) is 0 Å². The summed E-state index contributed by atoms with van der Waals surface area (Å²) in [6, 6.07) is 11.2. The van der Waals surface area contributed by atoms with Gasteiger partial charge in [0.05, 0.1) is 0 Å². The minimum Gasteiger partial charge on any atom is -0.486 e. The Kier molecular flexibility index (Phi) is 4.76. The molecule has 0 radical (unpaired) electrons. The molecule has 0 saturated carbocycles. The van der Waals surface area contributed by atoms with E-state index in [4.69, 9.17) is 9.47 Å². The average Bonchev–Trinajstić information content (AvgIpc) is 2.60. The van der Waals surface area contributed by atoms with Gasteiger partial charge >= 0.3 is 0 Å². The lowest BCUT2D eigenvalue weighted by atomic mass is 10.1. The van der Waals surface area contributed by atoms with Crippen molar-refractivity contribution >= 4 is 5.91 Å². The van der Waals surface area contributed by atoms with Crippen LogP contribution >= 0.6 is 0 Å². The largest absolute Gasteiger partial charge is 0.486 e. The van der Waals surface area contributed by atoms with Crippen molar-refractivity contribution in [3.8, 4) is 11.5 Å². The van der Waals surface area contributed by atoms with Crippen molar-refractivity contribution in [1.82, 2.24) is 10.3 Å². The van der Waals surface area contributed by atoms with E-state index in [1.165, 1.54) is 0 Å². The number of fused-ring (bicyclic) bond motifs is 1. The van der Waals surface area contributed by atoms with E-state index < -0.39 is 0 Å². The van der Waals surface area contributed by atoms with Crippen molar-refractivity contribution < 1.29 is 14.3 Å². The number of carbonyl (C=O) groups excluding carboxylic acids is 1. The van der Waals surface area contributed by atoms with Crippen LogP contribution in [0.1, 0.15) is 29.4 Å². The molecular weight excluding hydrogens is 292 g/mol. The van der Waals surface area contributed by atoms with E-state index in [1.807, 2.05) is 37.3 Å². The number of aryl methyl sites for hydroxylation is 1. The van der Waals surface area contributed by atoms with Gasteiger partial charge in [0.2, 0.25) is 0 Å². The van der Waals surface area contributed by atoms with Crippen molar-refractivity contribution in [2.75, 3.05) is 13.2 Å². The Morgan fingerprint density at radius 3 is 2.96 bits per heavy atom. The van der Waals surface area contributed by atoms with E-state index >= 15 is 0 Å². The molecule has 120 valence electrons. The Morgan fingerprint density at radius 2 is 2.13 bits per heavy atom. The number of aromatic nitrogens is 1. The molecule has 1 amide bonds. The van der Waals surface area contributed by atoms with Gasteiger partial charge in [-0.3, -0.25) is 9.78 Å². The second kappa shape index (κ2) is 7.13. The molecule has 0 bridgehead atoms. The Hall–Kier alpha value is -2.56. The Balaban J connectivity index is 1.59. The maximum Gasteiger partial charge on any atom is 0.251 e. The van der Waals surface area contributed by atoms with Crippen LogP contribution in [0.2, 0.25) is 0 Å². The van der Waals surface area contributed by atoms with Crippen molar-refractivity contribution in [2.24, 2.45) is 0 Å². The second-order valence-electron chi connectivity index (χ2n) is 5.43. The van der Waals surface area contributed by atoms with Gasteiger partial charge in [0.1, 0.15) is 12.7 Å². The van der Waals surface area contributed by atoms with Crippen LogP contribution in [0.3, 0.4) is 0 Å². The molecule has 0 fully saturated rings. The zero-order valence-electron chi connectivity index (χ0n) is 13.1. The summed E-state index contributed by atoms with van der Waals surface area (Å²) < 4.78 is 11.6. The molecule has 1 aliphatic heterocycles. The number of nitrogens with zero attached hydrogens (tertiary/aromatic N) is 1. The zero-order chi connectivity index (χ0) is 16.1. The summed E-state index contributed by atoms with van der Waals surface area (Å²) in [7, 11) is 0. The summed E-state index contributed by atoms with van der Waals surface area (Å²) in [4.78, 5) is 16.2. The van der Waals surface area contributed by atoms with Crippen molar-refractivity contribution in [2.45, 2.75) is 25.9 Å². The van der Waals surface area contributed by atoms with Gasteiger partial charge in [-0.2, -0.15) is 0 Å². The summed E-state index contributed by atoms with van der Waals surface area (Å²) in [5.41, 5.74) is 1.53. The highest BCUT2D eigenvalue weighted by Gasteiger charge is 2.20. The monoisotopic (exact) mass is 312 g/mol. The minimum absolute atomic E-state index is 0.000163. The molecule has 1 aromatic heterocycles. The molecule has 0 saturated heterocycles. The number of hydrogen-bond donors (Lipinski definition) is 1. The smallest absolute Gasteiger partial charge is 0.251 e. The summed E-state index contributed by atoms with van der Waals surface area (Å²) in [5.74, 6) is 1.51. The van der Waals surface area contributed by atoms with E-state index in [9.17, 15) is 4.79 Å². The first-order valence-electron chi connectivity index (χ1n) is 7.88. The molecule has 1 aliphatic rings. The van der Waals surface area contributed by atoms with Gasteiger partial charge in [0, 0.05) is 24.0 Å². The molecule has 1 N–H and O–H groups in total. The summed E-state index contributed by atoms with van der Waals surface area (Å²) in [6.45, 7) is 3.05. The van der Waals surface area contributed by atoms with E-state index in [2.05, 4.69) is 10.3 Å². The zero-order valence-corrected chi connectivity index (χ0v) is 13.1. The van der Waals surface area contributed by atoms with Crippen molar-refractivity contribution in [1.29, 1.82) is 0 Å². The standard InChI is InChI=1S/C18H20N2O3/c1-2-19-18(21)13-9-10-20-14(11-13)7-8-15-12-22-16-5-3-4-6-17(16)23-15/h3-6,9-11,15H,2,7-8,12H2,1H3,(H,19,21). The fourth-order valence-corrected chi connectivity index (χ4v) is 2.53. The molecule has 0 aliphatic carbocycles. The summed E-state index contributed by atoms with van der Waals surface area (Å²) in [6.07, 6.45) is 3.21.